The molecule has 0 aliphatic rings. The number of carbonyl (C=O) groups is 4. The summed E-state index contributed by atoms with van der Waals surface area (Å²) in [6.07, 6.45) is -0.262. The van der Waals surface area contributed by atoms with Crippen molar-refractivity contribution in [2.45, 2.75) is 39.5 Å². The number of hydrazine groups is 1. The van der Waals surface area contributed by atoms with Crippen LogP contribution in [-0.2, 0) is 23.9 Å². The van der Waals surface area contributed by atoms with E-state index in [9.17, 15) is 19.2 Å². The molecule has 0 spiro atoms. The van der Waals surface area contributed by atoms with E-state index in [4.69, 9.17) is 0 Å². The second-order valence-corrected chi connectivity index (χ2v) is 5.54. The Kier molecular flexibility index (Phi) is 8.11. The highest BCUT2D eigenvalue weighted by molar-refractivity contribution is 5.94. The average molecular weight is 349 g/mol. The zero-order chi connectivity index (χ0) is 18.8. The van der Waals surface area contributed by atoms with Crippen LogP contribution in [0.2, 0.25) is 0 Å². The first-order chi connectivity index (χ1) is 11.8. The van der Waals surface area contributed by atoms with Gasteiger partial charge in [0, 0.05) is 24.9 Å². The normalized spacial score (nSPS) is 9.88. The molecular weight excluding hydrogens is 326 g/mol. The first kappa shape index (κ1) is 20.1. The van der Waals surface area contributed by atoms with Crippen molar-refractivity contribution in [3.63, 3.8) is 0 Å². The Morgan fingerprint density at radius 2 is 1.44 bits per heavy atom. The third-order valence-corrected chi connectivity index (χ3v) is 3.37. The van der Waals surface area contributed by atoms with Crippen LogP contribution < -0.4 is 16.2 Å². The van der Waals surface area contributed by atoms with Crippen molar-refractivity contribution in [3.8, 4) is 0 Å². The summed E-state index contributed by atoms with van der Waals surface area (Å²) in [6, 6.07) is 5.71. The number of hydrogen-bond acceptors (Lipinski definition) is 5. The number of amides is 3. The van der Waals surface area contributed by atoms with Crippen LogP contribution in [0.1, 0.15) is 36.8 Å². The molecule has 0 bridgehead atoms. The maximum Gasteiger partial charge on any atom is 0.306 e. The largest absolute Gasteiger partial charge is 0.469 e. The maximum atomic E-state index is 11.9. The zero-order valence-corrected chi connectivity index (χ0v) is 14.6. The van der Waals surface area contributed by atoms with Crippen molar-refractivity contribution >= 4 is 29.4 Å². The smallest absolute Gasteiger partial charge is 0.306 e. The third-order valence-electron chi connectivity index (χ3n) is 3.37. The number of ether oxygens (including phenoxy) is 1. The summed E-state index contributed by atoms with van der Waals surface area (Å²) in [5.74, 6) is -1.81. The van der Waals surface area contributed by atoms with Crippen molar-refractivity contribution < 1.29 is 23.9 Å². The van der Waals surface area contributed by atoms with Crippen LogP contribution in [0.3, 0.4) is 0 Å². The number of nitrogens with one attached hydrogen (secondary N) is 3. The Labute approximate surface area is 146 Å². The molecule has 8 heteroatoms. The molecule has 136 valence electrons. The summed E-state index contributed by atoms with van der Waals surface area (Å²) in [5, 5.41) is 2.75. The van der Waals surface area contributed by atoms with Crippen LogP contribution >= 0.6 is 0 Å². The molecule has 0 radical (unpaired) electrons. The van der Waals surface area contributed by atoms with Crippen molar-refractivity contribution in [1.29, 1.82) is 0 Å². The second kappa shape index (κ2) is 10.1. The predicted octanol–water partition coefficient (Wildman–Crippen LogP) is 1.12. The second-order valence-electron chi connectivity index (χ2n) is 5.54. The summed E-state index contributed by atoms with van der Waals surface area (Å²) >= 11 is 0. The van der Waals surface area contributed by atoms with E-state index in [1.807, 2.05) is 32.0 Å². The predicted molar refractivity (Wildman–Crippen MR) is 91.3 cm³/mol. The lowest BCUT2D eigenvalue weighted by Crippen LogP contribution is -2.41. The van der Waals surface area contributed by atoms with E-state index >= 15 is 0 Å². The summed E-state index contributed by atoms with van der Waals surface area (Å²) < 4.78 is 4.40. The first-order valence-corrected chi connectivity index (χ1v) is 7.83. The Bertz CT molecular complexity index is 658. The monoisotopic (exact) mass is 349 g/mol. The van der Waals surface area contributed by atoms with Crippen LogP contribution in [0.15, 0.2) is 18.2 Å². The molecule has 0 fully saturated rings. The highest BCUT2D eigenvalue weighted by Crippen LogP contribution is 2.16. The minimum absolute atomic E-state index is 0.0166. The van der Waals surface area contributed by atoms with E-state index in [0.717, 1.165) is 11.1 Å². The molecule has 0 aromatic heterocycles. The van der Waals surface area contributed by atoms with Crippen molar-refractivity contribution in [2.75, 3.05) is 12.4 Å². The van der Waals surface area contributed by atoms with Crippen molar-refractivity contribution in [2.24, 2.45) is 0 Å². The van der Waals surface area contributed by atoms with Crippen LogP contribution in [-0.4, -0.2) is 30.8 Å². The topological polar surface area (TPSA) is 114 Å². The van der Waals surface area contributed by atoms with Gasteiger partial charge in [0.05, 0.1) is 13.5 Å². The number of carbonyl (C=O) groups excluding carboxylic acids is 4. The van der Waals surface area contributed by atoms with Gasteiger partial charge >= 0.3 is 5.97 Å². The zero-order valence-electron chi connectivity index (χ0n) is 14.6. The molecule has 0 atom stereocenters. The Balaban J connectivity index is 2.29. The first-order valence-electron chi connectivity index (χ1n) is 7.83. The summed E-state index contributed by atoms with van der Waals surface area (Å²) in [7, 11) is 1.23. The van der Waals surface area contributed by atoms with Crippen LogP contribution in [0.5, 0.6) is 0 Å². The van der Waals surface area contributed by atoms with Gasteiger partial charge in [0.15, 0.2) is 0 Å². The third kappa shape index (κ3) is 7.96. The average Bonchev–Trinajstić information content (AvgIpc) is 2.59. The van der Waals surface area contributed by atoms with Crippen molar-refractivity contribution in [3.05, 3.63) is 29.3 Å². The Morgan fingerprint density at radius 1 is 0.880 bits per heavy atom. The molecule has 0 unspecified atom stereocenters. The lowest BCUT2D eigenvalue weighted by atomic mass is 10.1. The van der Waals surface area contributed by atoms with E-state index in [1.165, 1.54) is 7.11 Å². The summed E-state index contributed by atoms with van der Waals surface area (Å²) in [6.45, 7) is 3.80. The lowest BCUT2D eigenvalue weighted by Gasteiger charge is -2.10. The van der Waals surface area contributed by atoms with E-state index in [2.05, 4.69) is 20.9 Å². The Morgan fingerprint density at radius 3 is 2.04 bits per heavy atom. The van der Waals surface area contributed by atoms with Gasteiger partial charge in [-0.1, -0.05) is 12.1 Å². The number of aryl methyl sites for hydroxylation is 2. The lowest BCUT2D eigenvalue weighted by molar-refractivity contribution is -0.142. The number of hydrogen-bond donors (Lipinski definition) is 3. The number of methoxy groups -OCH3 is 1. The molecule has 3 amide bonds. The molecule has 0 saturated carbocycles. The highest BCUT2D eigenvalue weighted by atomic mass is 16.5. The standard InChI is InChI=1S/C17H23N3O5/c1-11-4-5-12(2)13(10-11)18-14(21)6-7-15(22)19-20-16(23)8-9-17(24)25-3/h4-5,10H,6-9H2,1-3H3,(H,18,21)(H,19,22)(H,20,23). The molecule has 8 nitrogen and oxygen atoms in total. The van der Waals surface area contributed by atoms with Gasteiger partial charge in [0.1, 0.15) is 0 Å². The SMILES string of the molecule is COC(=O)CCC(=O)NNC(=O)CCC(=O)Nc1cc(C)ccc1C. The number of anilines is 1. The molecular formula is C17H23N3O5. The van der Waals surface area contributed by atoms with Gasteiger partial charge in [-0.15, -0.1) is 0 Å². The molecule has 25 heavy (non-hydrogen) atoms. The van der Waals surface area contributed by atoms with Crippen LogP contribution in [0.25, 0.3) is 0 Å². The van der Waals surface area contributed by atoms with Crippen LogP contribution in [0, 0.1) is 13.8 Å². The number of benzene rings is 1. The van der Waals surface area contributed by atoms with Gasteiger partial charge in [-0.2, -0.15) is 0 Å². The van der Waals surface area contributed by atoms with E-state index in [0.29, 0.717) is 5.69 Å². The fraction of sp³-hybridized carbons (Fsp3) is 0.412. The fourth-order valence-electron chi connectivity index (χ4n) is 1.89. The van der Waals surface area contributed by atoms with Gasteiger partial charge in [0.25, 0.3) is 0 Å². The Hall–Kier alpha value is -2.90. The van der Waals surface area contributed by atoms with E-state index in [1.54, 1.807) is 0 Å². The van der Waals surface area contributed by atoms with E-state index < -0.39 is 17.8 Å². The molecule has 3 N–H and O–H groups in total. The van der Waals surface area contributed by atoms with Crippen LogP contribution in [0.4, 0.5) is 5.69 Å². The van der Waals surface area contributed by atoms with Gasteiger partial charge in [0.2, 0.25) is 17.7 Å². The van der Waals surface area contributed by atoms with E-state index in [-0.39, 0.29) is 31.6 Å². The minimum atomic E-state index is -0.515. The molecule has 1 aromatic carbocycles. The van der Waals surface area contributed by atoms with Gasteiger partial charge in [-0.3, -0.25) is 30.0 Å². The quantitative estimate of drug-likeness (QED) is 0.504. The molecule has 0 aliphatic carbocycles. The number of esters is 1. The van der Waals surface area contributed by atoms with Gasteiger partial charge < -0.3 is 10.1 Å². The number of rotatable bonds is 7. The molecule has 0 aliphatic heterocycles. The van der Waals surface area contributed by atoms with Gasteiger partial charge in [-0.25, -0.2) is 0 Å². The molecule has 1 rings (SSSR count). The van der Waals surface area contributed by atoms with Crippen molar-refractivity contribution in [1.82, 2.24) is 10.9 Å². The molecule has 0 heterocycles. The maximum absolute atomic E-state index is 11.9. The molecule has 0 saturated heterocycles. The summed E-state index contributed by atoms with van der Waals surface area (Å²) in [4.78, 5) is 45.8. The minimum Gasteiger partial charge on any atom is -0.469 e. The molecule has 1 aromatic rings. The highest BCUT2D eigenvalue weighted by Gasteiger charge is 2.11. The van der Waals surface area contributed by atoms with Gasteiger partial charge in [-0.05, 0) is 31.0 Å². The fourth-order valence-corrected chi connectivity index (χ4v) is 1.89. The summed E-state index contributed by atoms with van der Waals surface area (Å²) in [5.41, 5.74) is 7.03.